The van der Waals surface area contributed by atoms with Crippen LogP contribution in [-0.2, 0) is 4.43 Å². The fourth-order valence-corrected chi connectivity index (χ4v) is 1.56. The van der Waals surface area contributed by atoms with Crippen LogP contribution in [0.15, 0.2) is 24.6 Å². The van der Waals surface area contributed by atoms with Gasteiger partial charge in [0.25, 0.3) is 0 Å². The summed E-state index contributed by atoms with van der Waals surface area (Å²) in [6.07, 6.45) is 0.303. The van der Waals surface area contributed by atoms with Gasteiger partial charge in [0.15, 0.2) is 0 Å². The Morgan fingerprint density at radius 1 is 1.33 bits per heavy atom. The summed E-state index contributed by atoms with van der Waals surface area (Å²) < 4.78 is 5.45. The molecule has 0 aromatic heterocycles. The monoisotopic (exact) mass is 142 g/mol. The third-order valence-corrected chi connectivity index (χ3v) is 2.68. The molecule has 0 spiro atoms. The van der Waals surface area contributed by atoms with E-state index in [2.05, 4.69) is 13.2 Å². The molecule has 0 aliphatic heterocycles. The van der Waals surface area contributed by atoms with E-state index in [0.29, 0.717) is 6.10 Å². The molecule has 0 saturated heterocycles. The molecule has 0 unspecified atom stereocenters. The van der Waals surface area contributed by atoms with Crippen molar-refractivity contribution in [2.75, 3.05) is 0 Å². The molecule has 1 nitrogen and oxygen atoms in total. The van der Waals surface area contributed by atoms with Gasteiger partial charge < -0.3 is 4.43 Å². The Hall–Kier alpha value is -0.343. The summed E-state index contributed by atoms with van der Waals surface area (Å²) in [5.41, 5.74) is 3.74. The molecule has 0 saturated carbocycles. The molecule has 0 aliphatic carbocycles. The second-order valence-corrected chi connectivity index (χ2v) is 4.27. The predicted octanol–water partition coefficient (Wildman–Crippen LogP) is 1.59. The fourth-order valence-electron chi connectivity index (χ4n) is 0.522. The lowest BCUT2D eigenvalue weighted by atomic mass is 10.5. The Labute approximate surface area is 58.8 Å². The van der Waals surface area contributed by atoms with E-state index in [4.69, 9.17) is 4.43 Å². The second-order valence-electron chi connectivity index (χ2n) is 2.12. The molecule has 9 heavy (non-hydrogen) atoms. The topological polar surface area (TPSA) is 9.23 Å². The minimum atomic E-state index is -1.22. The quantitative estimate of drug-likeness (QED) is 0.542. The zero-order chi connectivity index (χ0) is 7.28. The maximum absolute atomic E-state index is 5.45. The minimum Gasteiger partial charge on any atom is -0.410 e. The van der Waals surface area contributed by atoms with Crippen LogP contribution in [0.4, 0.5) is 0 Å². The first-order chi connectivity index (χ1) is 4.20. The molecule has 0 atom stereocenters. The Balaban J connectivity index is 3.55. The predicted molar refractivity (Wildman–Crippen MR) is 43.8 cm³/mol. The van der Waals surface area contributed by atoms with Crippen molar-refractivity contribution in [3.63, 3.8) is 0 Å². The van der Waals surface area contributed by atoms with Gasteiger partial charge in [-0.25, -0.2) is 0 Å². The standard InChI is InChI=1S/C7H14OSi/c1-5-9(6-2)8-7(3)4/h5-7,9H,1-2H2,3-4H3. The van der Waals surface area contributed by atoms with Gasteiger partial charge in [-0.15, -0.1) is 13.2 Å². The summed E-state index contributed by atoms with van der Waals surface area (Å²) in [5, 5.41) is 0. The Bertz CT molecular complexity index is 91.1. The van der Waals surface area contributed by atoms with Gasteiger partial charge in [-0.05, 0) is 13.8 Å². The Morgan fingerprint density at radius 2 is 1.78 bits per heavy atom. The highest BCUT2D eigenvalue weighted by Gasteiger charge is 2.02. The van der Waals surface area contributed by atoms with Gasteiger partial charge in [-0.2, -0.15) is 0 Å². The van der Waals surface area contributed by atoms with Gasteiger partial charge in [-0.1, -0.05) is 11.4 Å². The van der Waals surface area contributed by atoms with Gasteiger partial charge >= 0.3 is 0 Å². The SMILES string of the molecule is C=C[SiH](C=C)OC(C)C. The van der Waals surface area contributed by atoms with Crippen molar-refractivity contribution >= 4 is 9.04 Å². The maximum atomic E-state index is 5.45. The highest BCUT2D eigenvalue weighted by atomic mass is 28.3. The van der Waals surface area contributed by atoms with Crippen LogP contribution in [-0.4, -0.2) is 15.1 Å². The molecule has 2 heteroatoms. The molecule has 0 N–H and O–H groups in total. The molecule has 0 aliphatic rings. The second kappa shape index (κ2) is 4.53. The molecule has 0 bridgehead atoms. The van der Waals surface area contributed by atoms with Crippen molar-refractivity contribution in [2.45, 2.75) is 20.0 Å². The first kappa shape index (κ1) is 8.66. The molecule has 0 aromatic carbocycles. The Kier molecular flexibility index (Phi) is 4.36. The van der Waals surface area contributed by atoms with E-state index in [-0.39, 0.29) is 0 Å². The van der Waals surface area contributed by atoms with E-state index in [1.165, 1.54) is 0 Å². The third-order valence-electron chi connectivity index (χ3n) is 0.894. The lowest BCUT2D eigenvalue weighted by Gasteiger charge is -2.10. The first-order valence-corrected chi connectivity index (χ1v) is 4.91. The highest BCUT2D eigenvalue weighted by molar-refractivity contribution is 6.62. The zero-order valence-electron chi connectivity index (χ0n) is 6.13. The number of hydrogen-bond donors (Lipinski definition) is 0. The summed E-state index contributed by atoms with van der Waals surface area (Å²) in [6.45, 7) is 11.3. The van der Waals surface area contributed by atoms with Crippen LogP contribution < -0.4 is 0 Å². The van der Waals surface area contributed by atoms with Gasteiger partial charge in [0.05, 0.1) is 0 Å². The van der Waals surface area contributed by atoms with Crippen LogP contribution in [0.3, 0.4) is 0 Å². The van der Waals surface area contributed by atoms with Crippen LogP contribution in [0.1, 0.15) is 13.8 Å². The molecule has 0 radical (unpaired) electrons. The molecule has 0 aromatic rings. The molecular formula is C7H14OSi. The smallest absolute Gasteiger partial charge is 0.224 e. The lowest BCUT2D eigenvalue weighted by Crippen LogP contribution is -2.17. The van der Waals surface area contributed by atoms with Gasteiger partial charge in [0.2, 0.25) is 9.04 Å². The normalized spacial score (nSPS) is 10.2. The van der Waals surface area contributed by atoms with Gasteiger partial charge in [0, 0.05) is 6.10 Å². The van der Waals surface area contributed by atoms with Crippen molar-refractivity contribution in [1.29, 1.82) is 0 Å². The zero-order valence-corrected chi connectivity index (χ0v) is 7.29. The Morgan fingerprint density at radius 3 is 1.89 bits per heavy atom. The van der Waals surface area contributed by atoms with E-state index in [0.717, 1.165) is 0 Å². The average molecular weight is 142 g/mol. The van der Waals surface area contributed by atoms with E-state index in [9.17, 15) is 0 Å². The van der Waals surface area contributed by atoms with Crippen LogP contribution in [0, 0.1) is 0 Å². The van der Waals surface area contributed by atoms with Crippen molar-refractivity contribution in [2.24, 2.45) is 0 Å². The third kappa shape index (κ3) is 4.18. The van der Waals surface area contributed by atoms with E-state index in [1.807, 2.05) is 25.2 Å². The van der Waals surface area contributed by atoms with Gasteiger partial charge in [0.1, 0.15) is 0 Å². The fraction of sp³-hybridized carbons (Fsp3) is 0.429. The number of rotatable bonds is 4. The summed E-state index contributed by atoms with van der Waals surface area (Å²) in [4.78, 5) is 0. The van der Waals surface area contributed by atoms with Gasteiger partial charge in [-0.3, -0.25) is 0 Å². The van der Waals surface area contributed by atoms with Crippen LogP contribution in [0.25, 0.3) is 0 Å². The largest absolute Gasteiger partial charge is 0.410 e. The van der Waals surface area contributed by atoms with Crippen LogP contribution >= 0.6 is 0 Å². The van der Waals surface area contributed by atoms with E-state index in [1.54, 1.807) is 0 Å². The molecule has 0 rings (SSSR count). The van der Waals surface area contributed by atoms with Crippen molar-refractivity contribution in [3.05, 3.63) is 24.6 Å². The molecule has 0 amide bonds. The number of hydrogen-bond acceptors (Lipinski definition) is 1. The summed E-state index contributed by atoms with van der Waals surface area (Å²) in [7, 11) is -1.22. The van der Waals surface area contributed by atoms with Crippen molar-refractivity contribution in [1.82, 2.24) is 0 Å². The lowest BCUT2D eigenvalue weighted by molar-refractivity contribution is 0.252. The molecular weight excluding hydrogens is 128 g/mol. The first-order valence-electron chi connectivity index (χ1n) is 3.11. The van der Waals surface area contributed by atoms with E-state index < -0.39 is 9.04 Å². The summed E-state index contributed by atoms with van der Waals surface area (Å²) >= 11 is 0. The maximum Gasteiger partial charge on any atom is 0.224 e. The van der Waals surface area contributed by atoms with E-state index >= 15 is 0 Å². The molecule has 0 heterocycles. The minimum absolute atomic E-state index is 0.303. The summed E-state index contributed by atoms with van der Waals surface area (Å²) in [6, 6.07) is 0. The highest BCUT2D eigenvalue weighted by Crippen LogP contribution is 1.94. The summed E-state index contributed by atoms with van der Waals surface area (Å²) in [5.74, 6) is 0. The molecule has 0 fully saturated rings. The molecule has 52 valence electrons. The average Bonchev–Trinajstić information content (AvgIpc) is 1.82. The van der Waals surface area contributed by atoms with Crippen molar-refractivity contribution in [3.8, 4) is 0 Å². The van der Waals surface area contributed by atoms with Crippen LogP contribution in [0.5, 0.6) is 0 Å². The van der Waals surface area contributed by atoms with Crippen molar-refractivity contribution < 1.29 is 4.43 Å². The van der Waals surface area contributed by atoms with Crippen LogP contribution in [0.2, 0.25) is 0 Å².